The number of furan rings is 1. The van der Waals surface area contributed by atoms with Crippen molar-refractivity contribution in [2.75, 3.05) is 13.1 Å². The topological polar surface area (TPSA) is 93.3 Å². The second kappa shape index (κ2) is 6.21. The predicted octanol–water partition coefficient (Wildman–Crippen LogP) is 1.76. The molecule has 2 aromatic rings. The Kier molecular flexibility index (Phi) is 3.80. The third kappa shape index (κ3) is 2.65. The minimum Gasteiger partial charge on any atom is -0.459 e. The van der Waals surface area contributed by atoms with Crippen molar-refractivity contribution in [3.05, 3.63) is 36.3 Å². The number of amides is 2. The Balaban J connectivity index is 1.41. The van der Waals surface area contributed by atoms with Crippen LogP contribution >= 0.6 is 0 Å². The molecule has 2 fully saturated rings. The van der Waals surface area contributed by atoms with Gasteiger partial charge in [-0.15, -0.1) is 0 Å². The van der Waals surface area contributed by atoms with Gasteiger partial charge in [-0.25, -0.2) is 9.67 Å². The Morgan fingerprint density at radius 1 is 1.26 bits per heavy atom. The number of aromatic nitrogens is 3. The highest BCUT2D eigenvalue weighted by Crippen LogP contribution is 2.48. The zero-order valence-corrected chi connectivity index (χ0v) is 15.1. The summed E-state index contributed by atoms with van der Waals surface area (Å²) in [5.41, 5.74) is -0.204. The van der Waals surface area contributed by atoms with Gasteiger partial charge in [0, 0.05) is 31.0 Å². The SMILES string of the molecule is O=C(N[C@@H]1c2ncnn2CC[C@]12CCN(C(=O)c1ccco1)C2)C1CCC1. The number of hydrogen-bond acceptors (Lipinski definition) is 5. The summed E-state index contributed by atoms with van der Waals surface area (Å²) in [5.74, 6) is 1.30. The van der Waals surface area contributed by atoms with E-state index >= 15 is 0 Å². The van der Waals surface area contributed by atoms with Gasteiger partial charge in [0.1, 0.15) is 12.2 Å². The van der Waals surface area contributed by atoms with Crippen LogP contribution in [0.2, 0.25) is 0 Å². The standard InChI is InChI=1S/C19H23N5O3/c25-17(13-3-1-4-13)22-15-16-20-12-21-24(16)9-7-19(15)6-8-23(11-19)18(26)14-5-2-10-27-14/h2,5,10,12-13,15H,1,3-4,6-9,11H2,(H,22,25)/t15-,19+/m1/s1. The molecular formula is C19H23N5O3. The van der Waals surface area contributed by atoms with E-state index in [2.05, 4.69) is 15.4 Å². The van der Waals surface area contributed by atoms with Gasteiger partial charge in [0.25, 0.3) is 5.91 Å². The summed E-state index contributed by atoms with van der Waals surface area (Å²) in [5, 5.41) is 7.57. The van der Waals surface area contributed by atoms with Crippen LogP contribution in [-0.4, -0.2) is 44.6 Å². The van der Waals surface area contributed by atoms with E-state index in [9.17, 15) is 9.59 Å². The molecule has 2 amide bonds. The summed E-state index contributed by atoms with van der Waals surface area (Å²) in [7, 11) is 0. The first-order chi connectivity index (χ1) is 13.2. The third-order valence-electron chi connectivity index (χ3n) is 6.50. The van der Waals surface area contributed by atoms with Crippen molar-refractivity contribution in [1.29, 1.82) is 0 Å². The fourth-order valence-electron chi connectivity index (χ4n) is 4.63. The normalized spacial score (nSPS) is 27.4. The molecule has 1 saturated carbocycles. The van der Waals surface area contributed by atoms with Crippen LogP contribution in [0.15, 0.2) is 29.1 Å². The predicted molar refractivity (Wildman–Crippen MR) is 94.5 cm³/mol. The molecule has 1 aliphatic carbocycles. The first-order valence-electron chi connectivity index (χ1n) is 9.67. The van der Waals surface area contributed by atoms with Gasteiger partial charge < -0.3 is 14.6 Å². The van der Waals surface area contributed by atoms with Gasteiger partial charge in [-0.05, 0) is 37.8 Å². The minimum absolute atomic E-state index is 0.0898. The molecule has 4 heterocycles. The Morgan fingerprint density at radius 2 is 2.11 bits per heavy atom. The van der Waals surface area contributed by atoms with Crippen molar-refractivity contribution in [2.45, 2.75) is 44.7 Å². The highest BCUT2D eigenvalue weighted by Gasteiger charge is 2.51. The molecule has 3 aliphatic rings. The molecule has 2 aliphatic heterocycles. The molecule has 8 nitrogen and oxygen atoms in total. The van der Waals surface area contributed by atoms with Gasteiger partial charge in [0.15, 0.2) is 5.76 Å². The lowest BCUT2D eigenvalue weighted by Gasteiger charge is -2.41. The van der Waals surface area contributed by atoms with E-state index in [0.29, 0.717) is 18.8 Å². The Morgan fingerprint density at radius 3 is 2.85 bits per heavy atom. The van der Waals surface area contributed by atoms with Gasteiger partial charge in [-0.1, -0.05) is 6.42 Å². The maximum absolute atomic E-state index is 12.7. The first-order valence-corrected chi connectivity index (χ1v) is 9.67. The minimum atomic E-state index is -0.212. The fraction of sp³-hybridized carbons (Fsp3) is 0.579. The van der Waals surface area contributed by atoms with Crippen molar-refractivity contribution in [1.82, 2.24) is 25.0 Å². The van der Waals surface area contributed by atoms with E-state index in [4.69, 9.17) is 4.42 Å². The molecule has 0 unspecified atom stereocenters. The highest BCUT2D eigenvalue weighted by molar-refractivity contribution is 5.91. The summed E-state index contributed by atoms with van der Waals surface area (Å²) >= 11 is 0. The van der Waals surface area contributed by atoms with Gasteiger partial charge in [-0.2, -0.15) is 5.10 Å². The Hall–Kier alpha value is -2.64. The van der Waals surface area contributed by atoms with Gasteiger partial charge >= 0.3 is 0 Å². The average Bonchev–Trinajstić information content (AvgIpc) is 3.36. The lowest BCUT2D eigenvalue weighted by Crippen LogP contribution is -2.49. The van der Waals surface area contributed by atoms with Crippen LogP contribution in [0.5, 0.6) is 0 Å². The molecule has 1 saturated heterocycles. The van der Waals surface area contributed by atoms with E-state index in [-0.39, 0.29) is 29.2 Å². The third-order valence-corrected chi connectivity index (χ3v) is 6.50. The molecule has 5 rings (SSSR count). The van der Waals surface area contributed by atoms with Crippen LogP contribution in [0.25, 0.3) is 0 Å². The summed E-state index contributed by atoms with van der Waals surface area (Å²) in [6, 6.07) is 3.21. The summed E-state index contributed by atoms with van der Waals surface area (Å²) < 4.78 is 7.17. The maximum atomic E-state index is 12.7. The van der Waals surface area contributed by atoms with Crippen molar-refractivity contribution in [3.63, 3.8) is 0 Å². The molecule has 2 atom stereocenters. The molecule has 8 heteroatoms. The van der Waals surface area contributed by atoms with Crippen LogP contribution in [0.4, 0.5) is 0 Å². The van der Waals surface area contributed by atoms with Crippen molar-refractivity contribution in [3.8, 4) is 0 Å². The van der Waals surface area contributed by atoms with Crippen molar-refractivity contribution < 1.29 is 14.0 Å². The van der Waals surface area contributed by atoms with E-state index in [1.54, 1.807) is 18.5 Å². The van der Waals surface area contributed by atoms with Crippen LogP contribution < -0.4 is 5.32 Å². The largest absolute Gasteiger partial charge is 0.459 e. The highest BCUT2D eigenvalue weighted by atomic mass is 16.3. The van der Waals surface area contributed by atoms with E-state index in [1.165, 1.54) is 6.26 Å². The summed E-state index contributed by atoms with van der Waals surface area (Å²) in [6.07, 6.45) is 7.81. The van der Waals surface area contributed by atoms with Gasteiger partial charge in [-0.3, -0.25) is 9.59 Å². The zero-order valence-electron chi connectivity index (χ0n) is 15.1. The Bertz CT molecular complexity index is 857. The second-order valence-electron chi connectivity index (χ2n) is 7.98. The van der Waals surface area contributed by atoms with Crippen LogP contribution in [0.3, 0.4) is 0 Å². The number of aryl methyl sites for hydroxylation is 1. The zero-order chi connectivity index (χ0) is 18.4. The molecule has 0 bridgehead atoms. The maximum Gasteiger partial charge on any atom is 0.289 e. The van der Waals surface area contributed by atoms with Crippen LogP contribution in [0, 0.1) is 11.3 Å². The molecule has 0 aromatic carbocycles. The first kappa shape index (κ1) is 16.5. The van der Waals surface area contributed by atoms with Crippen LogP contribution in [0.1, 0.15) is 54.5 Å². The number of rotatable bonds is 3. The summed E-state index contributed by atoms with van der Waals surface area (Å²) in [6.45, 7) is 2.01. The molecule has 142 valence electrons. The van der Waals surface area contributed by atoms with Crippen molar-refractivity contribution in [2.24, 2.45) is 11.3 Å². The number of nitrogens with zero attached hydrogens (tertiary/aromatic N) is 4. The monoisotopic (exact) mass is 369 g/mol. The molecule has 1 spiro atoms. The quantitative estimate of drug-likeness (QED) is 0.890. The number of fused-ring (bicyclic) bond motifs is 1. The van der Waals surface area contributed by atoms with E-state index in [1.807, 2.05) is 9.58 Å². The fourth-order valence-corrected chi connectivity index (χ4v) is 4.63. The molecule has 27 heavy (non-hydrogen) atoms. The van der Waals surface area contributed by atoms with Gasteiger partial charge in [0.05, 0.1) is 12.3 Å². The van der Waals surface area contributed by atoms with E-state index < -0.39 is 0 Å². The lowest BCUT2D eigenvalue weighted by molar-refractivity contribution is -0.129. The average molecular weight is 369 g/mol. The van der Waals surface area contributed by atoms with Crippen LogP contribution in [-0.2, 0) is 11.3 Å². The molecule has 0 radical (unpaired) electrons. The van der Waals surface area contributed by atoms with E-state index in [0.717, 1.165) is 44.5 Å². The smallest absolute Gasteiger partial charge is 0.289 e. The lowest BCUT2D eigenvalue weighted by atomic mass is 9.73. The number of likely N-dealkylation sites (tertiary alicyclic amines) is 1. The number of carbonyl (C=O) groups is 2. The second-order valence-corrected chi connectivity index (χ2v) is 7.98. The van der Waals surface area contributed by atoms with Crippen molar-refractivity contribution >= 4 is 11.8 Å². The number of carbonyl (C=O) groups excluding carboxylic acids is 2. The number of hydrogen-bond donors (Lipinski definition) is 1. The number of nitrogens with one attached hydrogen (secondary N) is 1. The summed E-state index contributed by atoms with van der Waals surface area (Å²) in [4.78, 5) is 31.7. The molecule has 2 aromatic heterocycles. The Labute approximate surface area is 156 Å². The molecular weight excluding hydrogens is 346 g/mol. The molecule has 1 N–H and O–H groups in total. The van der Waals surface area contributed by atoms with Gasteiger partial charge in [0.2, 0.25) is 5.91 Å².